The van der Waals surface area contributed by atoms with Gasteiger partial charge in [-0.3, -0.25) is 4.79 Å². The van der Waals surface area contributed by atoms with E-state index in [0.717, 1.165) is 0 Å². The first-order valence-corrected chi connectivity index (χ1v) is 10.0. The van der Waals surface area contributed by atoms with Crippen LogP contribution in [0.1, 0.15) is 17.3 Å². The summed E-state index contributed by atoms with van der Waals surface area (Å²) in [5.74, 6) is 0.743. The number of aromatic nitrogens is 4. The van der Waals surface area contributed by atoms with E-state index in [1.165, 1.54) is 16.4 Å². The van der Waals surface area contributed by atoms with E-state index in [0.29, 0.717) is 40.2 Å². The second-order valence-electron chi connectivity index (χ2n) is 6.05. The Bertz CT molecular complexity index is 1070. The first kappa shape index (κ1) is 19.7. The highest BCUT2D eigenvalue weighted by atomic mass is 32.2. The minimum Gasteiger partial charge on any atom is -0.462 e. The fourth-order valence-electron chi connectivity index (χ4n) is 2.68. The first-order valence-electron chi connectivity index (χ1n) is 9.02. The summed E-state index contributed by atoms with van der Waals surface area (Å²) in [6.45, 7) is 2.23. The summed E-state index contributed by atoms with van der Waals surface area (Å²) < 4.78 is 17.1. The smallest absolute Gasteiger partial charge is 0.338 e. The number of hydrogen-bond acceptors (Lipinski definition) is 9. The van der Waals surface area contributed by atoms with Crippen LogP contribution in [0.15, 0.2) is 47.6 Å². The number of nitrogens with one attached hydrogen (secondary N) is 1. The van der Waals surface area contributed by atoms with Gasteiger partial charge in [-0.25, -0.2) is 4.79 Å². The molecule has 0 unspecified atom stereocenters. The van der Waals surface area contributed by atoms with Crippen LogP contribution in [0.25, 0.3) is 5.69 Å². The van der Waals surface area contributed by atoms with Gasteiger partial charge in [0.2, 0.25) is 17.9 Å². The monoisotopic (exact) mass is 427 g/mol. The number of benzene rings is 2. The molecule has 154 valence electrons. The van der Waals surface area contributed by atoms with Crippen molar-refractivity contribution >= 4 is 29.3 Å². The van der Waals surface area contributed by atoms with Crippen molar-refractivity contribution < 1.29 is 23.8 Å². The lowest BCUT2D eigenvalue weighted by molar-refractivity contribution is -0.113. The van der Waals surface area contributed by atoms with Gasteiger partial charge in [-0.05, 0) is 53.7 Å². The largest absolute Gasteiger partial charge is 0.462 e. The number of carbonyl (C=O) groups excluding carboxylic acids is 2. The molecule has 0 aliphatic carbocycles. The molecule has 2 aromatic carbocycles. The molecular formula is C19H17N5O5S. The van der Waals surface area contributed by atoms with Gasteiger partial charge in [0.15, 0.2) is 11.5 Å². The second-order valence-corrected chi connectivity index (χ2v) is 6.99. The number of amides is 1. The Morgan fingerprint density at radius 2 is 1.97 bits per heavy atom. The molecule has 0 atom stereocenters. The van der Waals surface area contributed by atoms with Crippen LogP contribution in [0.5, 0.6) is 11.5 Å². The maximum absolute atomic E-state index is 12.3. The van der Waals surface area contributed by atoms with E-state index in [1.807, 2.05) is 0 Å². The number of hydrogen-bond donors (Lipinski definition) is 1. The molecule has 1 amide bonds. The minimum absolute atomic E-state index is 0.102. The van der Waals surface area contributed by atoms with Crippen molar-refractivity contribution in [2.24, 2.45) is 0 Å². The molecule has 1 aliphatic rings. The number of carbonyl (C=O) groups is 2. The van der Waals surface area contributed by atoms with Crippen LogP contribution >= 0.6 is 11.8 Å². The normalized spacial score (nSPS) is 11.9. The number of anilines is 1. The lowest BCUT2D eigenvalue weighted by atomic mass is 10.2. The van der Waals surface area contributed by atoms with E-state index in [-0.39, 0.29) is 18.5 Å². The van der Waals surface area contributed by atoms with Crippen molar-refractivity contribution in [3.8, 4) is 17.2 Å². The fraction of sp³-hybridized carbons (Fsp3) is 0.211. The van der Waals surface area contributed by atoms with E-state index in [2.05, 4.69) is 20.8 Å². The Labute approximate surface area is 175 Å². The van der Waals surface area contributed by atoms with Gasteiger partial charge in [-0.1, -0.05) is 11.8 Å². The van der Waals surface area contributed by atoms with Crippen LogP contribution in [-0.4, -0.2) is 51.2 Å². The maximum atomic E-state index is 12.3. The third kappa shape index (κ3) is 4.35. The number of tetrazole rings is 1. The molecule has 11 heteroatoms. The Morgan fingerprint density at radius 3 is 2.77 bits per heavy atom. The summed E-state index contributed by atoms with van der Waals surface area (Å²) in [5, 5.41) is 14.9. The molecule has 0 bridgehead atoms. The molecule has 1 aromatic heterocycles. The van der Waals surface area contributed by atoms with Gasteiger partial charge >= 0.3 is 5.97 Å². The van der Waals surface area contributed by atoms with E-state index in [1.54, 1.807) is 49.4 Å². The summed E-state index contributed by atoms with van der Waals surface area (Å²) in [4.78, 5) is 24.0. The highest BCUT2D eigenvalue weighted by Gasteiger charge is 2.17. The number of thioether (sulfide) groups is 1. The lowest BCUT2D eigenvalue weighted by Gasteiger charge is -2.07. The molecule has 1 aliphatic heterocycles. The van der Waals surface area contributed by atoms with E-state index < -0.39 is 5.97 Å². The molecule has 0 saturated heterocycles. The molecule has 0 radical (unpaired) electrons. The number of rotatable bonds is 7. The summed E-state index contributed by atoms with van der Waals surface area (Å²) in [5.41, 5.74) is 1.69. The van der Waals surface area contributed by atoms with Gasteiger partial charge in [0, 0.05) is 11.8 Å². The SMILES string of the molecule is CCOC(=O)c1ccc(NC(=O)CSc2nnnn2-c2ccc3c(c2)OCO3)cc1. The van der Waals surface area contributed by atoms with Crippen LogP contribution in [0.4, 0.5) is 5.69 Å². The average molecular weight is 427 g/mol. The summed E-state index contributed by atoms with van der Waals surface area (Å²) in [7, 11) is 0. The Hall–Kier alpha value is -3.60. The zero-order valence-corrected chi connectivity index (χ0v) is 16.7. The van der Waals surface area contributed by atoms with Gasteiger partial charge in [0.05, 0.1) is 23.6 Å². The molecule has 1 N–H and O–H groups in total. The van der Waals surface area contributed by atoms with Crippen LogP contribution in [0, 0.1) is 0 Å². The number of esters is 1. The Morgan fingerprint density at radius 1 is 1.17 bits per heavy atom. The molecule has 30 heavy (non-hydrogen) atoms. The number of nitrogens with zero attached hydrogens (tertiary/aromatic N) is 4. The van der Waals surface area contributed by atoms with Crippen LogP contribution in [0.2, 0.25) is 0 Å². The van der Waals surface area contributed by atoms with Crippen molar-refractivity contribution in [2.45, 2.75) is 12.1 Å². The Kier molecular flexibility index (Phi) is 5.80. The first-order chi connectivity index (χ1) is 14.6. The minimum atomic E-state index is -0.402. The predicted octanol–water partition coefficient (Wildman–Crippen LogP) is 2.30. The highest BCUT2D eigenvalue weighted by molar-refractivity contribution is 7.99. The summed E-state index contributed by atoms with van der Waals surface area (Å²) in [6.07, 6.45) is 0. The van der Waals surface area contributed by atoms with Crippen molar-refractivity contribution in [1.29, 1.82) is 0 Å². The molecule has 3 aromatic rings. The lowest BCUT2D eigenvalue weighted by Crippen LogP contribution is -2.15. The molecule has 0 spiro atoms. The van der Waals surface area contributed by atoms with E-state index in [9.17, 15) is 9.59 Å². The number of ether oxygens (including phenoxy) is 3. The van der Waals surface area contributed by atoms with E-state index >= 15 is 0 Å². The van der Waals surface area contributed by atoms with Crippen molar-refractivity contribution in [1.82, 2.24) is 20.2 Å². The molecule has 0 fully saturated rings. The quantitative estimate of drug-likeness (QED) is 0.447. The maximum Gasteiger partial charge on any atom is 0.338 e. The molecule has 4 rings (SSSR count). The topological polar surface area (TPSA) is 117 Å². The molecular weight excluding hydrogens is 410 g/mol. The molecule has 10 nitrogen and oxygen atoms in total. The predicted molar refractivity (Wildman–Crippen MR) is 107 cm³/mol. The summed E-state index contributed by atoms with van der Waals surface area (Å²) >= 11 is 1.19. The van der Waals surface area contributed by atoms with Gasteiger partial charge in [-0.2, -0.15) is 4.68 Å². The van der Waals surface area contributed by atoms with Crippen LogP contribution in [0.3, 0.4) is 0 Å². The average Bonchev–Trinajstić information content (AvgIpc) is 3.41. The van der Waals surface area contributed by atoms with E-state index in [4.69, 9.17) is 14.2 Å². The Balaban J connectivity index is 1.36. The fourth-order valence-corrected chi connectivity index (χ4v) is 3.37. The van der Waals surface area contributed by atoms with Gasteiger partial charge in [0.25, 0.3) is 0 Å². The molecule has 2 heterocycles. The van der Waals surface area contributed by atoms with Gasteiger partial charge < -0.3 is 19.5 Å². The second kappa shape index (κ2) is 8.82. The summed E-state index contributed by atoms with van der Waals surface area (Å²) in [6, 6.07) is 11.8. The zero-order chi connectivity index (χ0) is 20.9. The van der Waals surface area contributed by atoms with Crippen LogP contribution < -0.4 is 14.8 Å². The zero-order valence-electron chi connectivity index (χ0n) is 15.9. The standard InChI is InChI=1S/C19H17N5O5S/c1-2-27-18(26)12-3-5-13(6-4-12)20-17(25)10-30-19-21-22-23-24(19)14-7-8-15-16(9-14)29-11-28-15/h3-9H,2,10-11H2,1H3,(H,20,25). The van der Waals surface area contributed by atoms with Gasteiger partial charge in [0.1, 0.15) is 0 Å². The number of fused-ring (bicyclic) bond motifs is 1. The van der Waals surface area contributed by atoms with Crippen molar-refractivity contribution in [3.05, 3.63) is 48.0 Å². The highest BCUT2D eigenvalue weighted by Crippen LogP contribution is 2.34. The van der Waals surface area contributed by atoms with Crippen LogP contribution in [-0.2, 0) is 9.53 Å². The van der Waals surface area contributed by atoms with Crippen molar-refractivity contribution in [2.75, 3.05) is 24.5 Å². The van der Waals surface area contributed by atoms with Gasteiger partial charge in [-0.15, -0.1) is 5.10 Å². The third-order valence-corrected chi connectivity index (χ3v) is 4.97. The van der Waals surface area contributed by atoms with Crippen molar-refractivity contribution in [3.63, 3.8) is 0 Å². The molecule has 0 saturated carbocycles. The third-order valence-electron chi connectivity index (χ3n) is 4.05.